The molecule has 3 aliphatic rings. The zero-order valence-electron chi connectivity index (χ0n) is 21.2. The fourth-order valence-electron chi connectivity index (χ4n) is 6.06. The summed E-state index contributed by atoms with van der Waals surface area (Å²) in [6, 6.07) is 2.80. The van der Waals surface area contributed by atoms with E-state index in [-0.39, 0.29) is 5.92 Å². The Morgan fingerprint density at radius 2 is 1.84 bits per heavy atom. The van der Waals surface area contributed by atoms with Crippen LogP contribution in [-0.4, -0.2) is 33.4 Å². The molecular weight excluding hydrogens is 487 g/mol. The van der Waals surface area contributed by atoms with Gasteiger partial charge in [-0.2, -0.15) is 18.4 Å². The Bertz CT molecular complexity index is 1280. The molecule has 3 atom stereocenters. The molecule has 0 unspecified atom stereocenters. The molecule has 1 fully saturated rings. The predicted octanol–water partition coefficient (Wildman–Crippen LogP) is 5.11. The van der Waals surface area contributed by atoms with E-state index in [1.807, 2.05) is 27.7 Å². The molecule has 2 N–H and O–H groups in total. The molecule has 0 aromatic carbocycles. The van der Waals surface area contributed by atoms with E-state index in [9.17, 15) is 28.6 Å². The Hall–Kier alpha value is -2.58. The number of hydrogen-bond donors (Lipinski definition) is 2. The highest BCUT2D eigenvalue weighted by Gasteiger charge is 2.54. The van der Waals surface area contributed by atoms with Crippen molar-refractivity contribution in [1.29, 1.82) is 5.26 Å². The Morgan fingerprint density at radius 1 is 1.16 bits per heavy atom. The van der Waals surface area contributed by atoms with Crippen LogP contribution < -0.4 is 0 Å². The van der Waals surface area contributed by atoms with Gasteiger partial charge in [-0.3, -0.25) is 9.97 Å². The van der Waals surface area contributed by atoms with Gasteiger partial charge >= 0.3 is 6.18 Å². The van der Waals surface area contributed by atoms with Crippen LogP contribution >= 0.6 is 0 Å². The number of aromatic nitrogens is 2. The lowest BCUT2D eigenvalue weighted by molar-refractivity contribution is -0.141. The number of nitriles is 1. The van der Waals surface area contributed by atoms with Gasteiger partial charge in [0.05, 0.1) is 23.0 Å². The lowest BCUT2D eigenvalue weighted by Gasteiger charge is -2.42. The van der Waals surface area contributed by atoms with Crippen molar-refractivity contribution in [2.45, 2.75) is 83.0 Å². The maximum Gasteiger partial charge on any atom is 0.434 e. The van der Waals surface area contributed by atoms with Gasteiger partial charge in [-0.15, -0.1) is 0 Å². The van der Waals surface area contributed by atoms with Crippen LogP contribution in [-0.2, 0) is 21.3 Å². The highest BCUT2D eigenvalue weighted by atomic mass is 19.4. The fraction of sp³-hybridized carbons (Fsp3) is 0.593. The molecule has 198 valence electrons. The van der Waals surface area contributed by atoms with Crippen LogP contribution in [0.15, 0.2) is 12.3 Å². The summed E-state index contributed by atoms with van der Waals surface area (Å²) in [7, 11) is 0. The molecule has 37 heavy (non-hydrogen) atoms. The van der Waals surface area contributed by atoms with Gasteiger partial charge in [-0.05, 0) is 29.4 Å². The van der Waals surface area contributed by atoms with E-state index in [0.29, 0.717) is 60.6 Å². The molecule has 2 aromatic heterocycles. The normalized spacial score (nSPS) is 26.1. The predicted molar refractivity (Wildman–Crippen MR) is 125 cm³/mol. The Morgan fingerprint density at radius 3 is 2.43 bits per heavy atom. The highest BCUT2D eigenvalue weighted by molar-refractivity contribution is 5.55. The molecule has 0 saturated carbocycles. The molecule has 10 heteroatoms. The first-order valence-corrected chi connectivity index (χ1v) is 12.5. The summed E-state index contributed by atoms with van der Waals surface area (Å²) in [6.45, 7) is 8.47. The Labute approximate surface area is 213 Å². The first-order chi connectivity index (χ1) is 17.3. The van der Waals surface area contributed by atoms with Crippen molar-refractivity contribution in [2.24, 2.45) is 5.41 Å². The first kappa shape index (κ1) is 26.0. The fourth-order valence-corrected chi connectivity index (χ4v) is 6.06. The molecule has 2 aliphatic heterocycles. The number of fused-ring (bicyclic) bond motifs is 4. The van der Waals surface area contributed by atoms with E-state index in [1.54, 1.807) is 6.07 Å². The van der Waals surface area contributed by atoms with Crippen LogP contribution in [0.1, 0.15) is 116 Å². The van der Waals surface area contributed by atoms with E-state index in [2.05, 4.69) is 4.98 Å². The monoisotopic (exact) mass is 517 g/mol. The average molecular weight is 518 g/mol. The molecule has 0 amide bonds. The quantitative estimate of drug-likeness (QED) is 0.570. The number of hydrogen-bond acceptors (Lipinski definition) is 7. The zero-order chi connectivity index (χ0) is 26.9. The molecule has 0 bridgehead atoms. The third-order valence-electron chi connectivity index (χ3n) is 7.89. The SMILES string of the molecule is CC(C)c1nc2c(c3c1[C@@H](c1cnc(C(F)(F)F)c(C#N)c1)OC31CCOCC1)[C@@H](O)CC(C)(C)[C@H]2O. The first-order valence-electron chi connectivity index (χ1n) is 12.5. The van der Waals surface area contributed by atoms with Crippen LogP contribution in [0.3, 0.4) is 0 Å². The summed E-state index contributed by atoms with van der Waals surface area (Å²) in [5.41, 5.74) is 0.00874. The second kappa shape index (κ2) is 8.73. The summed E-state index contributed by atoms with van der Waals surface area (Å²) in [4.78, 5) is 8.50. The third-order valence-corrected chi connectivity index (χ3v) is 7.89. The van der Waals surface area contributed by atoms with Crippen LogP contribution in [0.2, 0.25) is 0 Å². The molecule has 1 spiro atoms. The number of halogens is 3. The van der Waals surface area contributed by atoms with Crippen molar-refractivity contribution in [1.82, 2.24) is 9.97 Å². The number of nitrogens with zero attached hydrogens (tertiary/aromatic N) is 3. The van der Waals surface area contributed by atoms with E-state index < -0.39 is 46.8 Å². The lowest BCUT2D eigenvalue weighted by Crippen LogP contribution is -2.38. The summed E-state index contributed by atoms with van der Waals surface area (Å²) >= 11 is 0. The van der Waals surface area contributed by atoms with Gasteiger partial charge in [0.25, 0.3) is 0 Å². The van der Waals surface area contributed by atoms with Gasteiger partial charge in [0.15, 0.2) is 5.69 Å². The Kier molecular flexibility index (Phi) is 6.15. The van der Waals surface area contributed by atoms with Gasteiger partial charge in [-0.1, -0.05) is 27.7 Å². The smallest absolute Gasteiger partial charge is 0.388 e. The molecule has 5 rings (SSSR count). The van der Waals surface area contributed by atoms with E-state index in [1.165, 1.54) is 6.07 Å². The highest BCUT2D eigenvalue weighted by Crippen LogP contribution is 2.59. The number of aliphatic hydroxyl groups excluding tert-OH is 2. The maximum atomic E-state index is 13.4. The van der Waals surface area contributed by atoms with E-state index in [4.69, 9.17) is 14.5 Å². The zero-order valence-corrected chi connectivity index (χ0v) is 21.2. The van der Waals surface area contributed by atoms with Crippen LogP contribution in [0, 0.1) is 16.7 Å². The summed E-state index contributed by atoms with van der Waals surface area (Å²) < 4.78 is 52.7. The van der Waals surface area contributed by atoms with Gasteiger partial charge in [-0.25, -0.2) is 0 Å². The minimum atomic E-state index is -4.77. The number of rotatable bonds is 2. The van der Waals surface area contributed by atoms with Crippen molar-refractivity contribution in [3.63, 3.8) is 0 Å². The van der Waals surface area contributed by atoms with Crippen molar-refractivity contribution in [2.75, 3.05) is 13.2 Å². The molecule has 2 aromatic rings. The van der Waals surface area contributed by atoms with Crippen molar-refractivity contribution < 1.29 is 32.9 Å². The van der Waals surface area contributed by atoms with E-state index >= 15 is 0 Å². The molecule has 1 saturated heterocycles. The molecular formula is C27H30F3N3O4. The number of aliphatic hydroxyl groups is 2. The van der Waals surface area contributed by atoms with Crippen LogP contribution in [0.4, 0.5) is 13.2 Å². The molecule has 4 heterocycles. The van der Waals surface area contributed by atoms with Crippen LogP contribution in [0.5, 0.6) is 0 Å². The topological polar surface area (TPSA) is 108 Å². The summed E-state index contributed by atoms with van der Waals surface area (Å²) in [6.07, 6.45) is -5.07. The minimum absolute atomic E-state index is 0.118. The summed E-state index contributed by atoms with van der Waals surface area (Å²) in [5.74, 6) is -0.118. The molecule has 7 nitrogen and oxygen atoms in total. The third kappa shape index (κ3) is 4.04. The second-order valence-corrected chi connectivity index (χ2v) is 11.2. The maximum absolute atomic E-state index is 13.4. The lowest BCUT2D eigenvalue weighted by atomic mass is 9.68. The van der Waals surface area contributed by atoms with Gasteiger partial charge in [0.2, 0.25) is 0 Å². The number of pyridine rings is 2. The van der Waals surface area contributed by atoms with E-state index in [0.717, 1.165) is 11.8 Å². The second-order valence-electron chi connectivity index (χ2n) is 11.2. The van der Waals surface area contributed by atoms with Crippen molar-refractivity contribution >= 4 is 0 Å². The number of alkyl halides is 3. The largest absolute Gasteiger partial charge is 0.434 e. The van der Waals surface area contributed by atoms with Gasteiger partial charge < -0.3 is 19.7 Å². The minimum Gasteiger partial charge on any atom is -0.388 e. The molecule has 1 aliphatic carbocycles. The number of ether oxygens (including phenoxy) is 2. The summed E-state index contributed by atoms with van der Waals surface area (Å²) in [5, 5.41) is 32.1. The van der Waals surface area contributed by atoms with Crippen molar-refractivity contribution in [3.05, 3.63) is 57.2 Å². The van der Waals surface area contributed by atoms with Crippen molar-refractivity contribution in [3.8, 4) is 6.07 Å². The average Bonchev–Trinajstić information content (AvgIpc) is 3.15. The van der Waals surface area contributed by atoms with Crippen LogP contribution in [0.25, 0.3) is 0 Å². The Balaban J connectivity index is 1.80. The van der Waals surface area contributed by atoms with Gasteiger partial charge in [0.1, 0.15) is 18.3 Å². The standard InChI is InChI=1S/C27H30F3N3O4/c1-13(2)20-18-19(17-16(34)10-25(3,4)24(35)21(17)33-20)26(5-7-36-8-6-26)37-22(18)15-9-14(11-31)23(32-12-15)27(28,29)30/h9,12-13,16,22,24,34-35H,5-8,10H2,1-4H3/t16-,22+,24-/m0/s1. The molecule has 0 radical (unpaired) electrons. The van der Waals surface area contributed by atoms with Gasteiger partial charge in [0, 0.05) is 54.6 Å².